The highest BCUT2D eigenvalue weighted by Gasteiger charge is 2.23. The number of rotatable bonds is 3. The fraction of sp³-hybridized carbons (Fsp3) is 0.667. The predicted molar refractivity (Wildman–Crippen MR) is 63.2 cm³/mol. The number of carbonyl (C=O) groups is 1. The minimum atomic E-state index is -0.404. The molecule has 1 aliphatic rings. The van der Waals surface area contributed by atoms with Gasteiger partial charge in [-0.2, -0.15) is 5.10 Å². The van der Waals surface area contributed by atoms with E-state index in [9.17, 15) is 9.90 Å². The van der Waals surface area contributed by atoms with Crippen molar-refractivity contribution in [3.8, 4) is 0 Å². The van der Waals surface area contributed by atoms with Gasteiger partial charge in [0.1, 0.15) is 6.54 Å². The molecule has 17 heavy (non-hydrogen) atoms. The van der Waals surface area contributed by atoms with Crippen LogP contribution in [-0.4, -0.2) is 32.9 Å². The summed E-state index contributed by atoms with van der Waals surface area (Å²) in [7, 11) is 0. The number of aliphatic hydroxyl groups excluding tert-OH is 1. The van der Waals surface area contributed by atoms with Gasteiger partial charge in [-0.25, -0.2) is 0 Å². The highest BCUT2D eigenvalue weighted by atomic mass is 16.3. The standard InChI is InChI=1S/C12H19N3O2/c16-11-6-3-1-2-5-10(11)14-12(17)9-15-8-4-7-13-15/h4,7-8,10-11,16H,1-3,5-6,9H2,(H,14,17). The summed E-state index contributed by atoms with van der Waals surface area (Å²) in [6.45, 7) is 0.218. The molecule has 1 fully saturated rings. The van der Waals surface area contributed by atoms with E-state index in [1.165, 1.54) is 0 Å². The molecule has 2 N–H and O–H groups in total. The Labute approximate surface area is 101 Å². The number of hydrogen-bond donors (Lipinski definition) is 2. The highest BCUT2D eigenvalue weighted by molar-refractivity contribution is 5.76. The Morgan fingerprint density at radius 1 is 1.41 bits per heavy atom. The molecule has 1 aliphatic carbocycles. The summed E-state index contributed by atoms with van der Waals surface area (Å²) in [4.78, 5) is 11.8. The van der Waals surface area contributed by atoms with E-state index in [2.05, 4.69) is 10.4 Å². The number of nitrogens with one attached hydrogen (secondary N) is 1. The molecular weight excluding hydrogens is 218 g/mol. The maximum Gasteiger partial charge on any atom is 0.242 e. The molecule has 5 heteroatoms. The maximum atomic E-state index is 11.8. The van der Waals surface area contributed by atoms with E-state index in [-0.39, 0.29) is 18.5 Å². The molecule has 1 aromatic rings. The van der Waals surface area contributed by atoms with Gasteiger partial charge >= 0.3 is 0 Å². The van der Waals surface area contributed by atoms with E-state index in [0.717, 1.165) is 32.1 Å². The Hall–Kier alpha value is -1.36. The van der Waals surface area contributed by atoms with Crippen molar-refractivity contribution in [2.24, 2.45) is 0 Å². The summed E-state index contributed by atoms with van der Waals surface area (Å²) in [5.74, 6) is -0.0837. The molecule has 0 radical (unpaired) electrons. The lowest BCUT2D eigenvalue weighted by molar-refractivity contribution is -0.123. The molecule has 1 amide bonds. The first kappa shape index (κ1) is 12.1. The largest absolute Gasteiger partial charge is 0.391 e. The number of aliphatic hydroxyl groups is 1. The molecule has 0 aliphatic heterocycles. The zero-order valence-electron chi connectivity index (χ0n) is 9.88. The summed E-state index contributed by atoms with van der Waals surface area (Å²) in [5.41, 5.74) is 0. The van der Waals surface area contributed by atoms with Crippen LogP contribution in [0.25, 0.3) is 0 Å². The zero-order chi connectivity index (χ0) is 12.1. The quantitative estimate of drug-likeness (QED) is 0.760. The lowest BCUT2D eigenvalue weighted by Crippen LogP contribution is -2.44. The van der Waals surface area contributed by atoms with E-state index < -0.39 is 6.10 Å². The first-order chi connectivity index (χ1) is 8.25. The second-order valence-corrected chi connectivity index (χ2v) is 4.58. The SMILES string of the molecule is O=C(Cn1cccn1)NC1CCCCCC1O. The number of nitrogens with zero attached hydrogens (tertiary/aromatic N) is 2. The molecule has 0 bridgehead atoms. The fourth-order valence-electron chi connectivity index (χ4n) is 2.25. The number of carbonyl (C=O) groups excluding carboxylic acids is 1. The second kappa shape index (κ2) is 5.82. The van der Waals surface area contributed by atoms with Crippen LogP contribution in [0.15, 0.2) is 18.5 Å². The van der Waals surface area contributed by atoms with Gasteiger partial charge in [0.15, 0.2) is 0 Å². The topological polar surface area (TPSA) is 67.2 Å². The third kappa shape index (κ3) is 3.56. The van der Waals surface area contributed by atoms with E-state index in [4.69, 9.17) is 0 Å². The summed E-state index contributed by atoms with van der Waals surface area (Å²) in [6, 6.07) is 1.69. The second-order valence-electron chi connectivity index (χ2n) is 4.58. The van der Waals surface area contributed by atoms with Gasteiger partial charge in [0.05, 0.1) is 12.1 Å². The van der Waals surface area contributed by atoms with Crippen molar-refractivity contribution >= 4 is 5.91 Å². The lowest BCUT2D eigenvalue weighted by Gasteiger charge is -2.21. The number of amides is 1. The molecule has 94 valence electrons. The van der Waals surface area contributed by atoms with Crippen LogP contribution in [-0.2, 0) is 11.3 Å². The molecule has 0 saturated heterocycles. The highest BCUT2D eigenvalue weighted by Crippen LogP contribution is 2.17. The molecule has 2 unspecified atom stereocenters. The van der Waals surface area contributed by atoms with Crippen LogP contribution in [0.3, 0.4) is 0 Å². The number of aromatic nitrogens is 2. The Morgan fingerprint density at radius 2 is 2.24 bits per heavy atom. The van der Waals surface area contributed by atoms with E-state index in [1.807, 2.05) is 0 Å². The van der Waals surface area contributed by atoms with Crippen molar-refractivity contribution in [2.75, 3.05) is 0 Å². The normalized spacial score (nSPS) is 25.2. The maximum absolute atomic E-state index is 11.8. The van der Waals surface area contributed by atoms with Crippen LogP contribution in [0.4, 0.5) is 0 Å². The molecule has 2 rings (SSSR count). The van der Waals surface area contributed by atoms with Crippen LogP contribution in [0.2, 0.25) is 0 Å². The van der Waals surface area contributed by atoms with Gasteiger partial charge in [-0.05, 0) is 18.9 Å². The van der Waals surface area contributed by atoms with Crippen LogP contribution in [0.1, 0.15) is 32.1 Å². The molecule has 0 spiro atoms. The molecule has 1 saturated carbocycles. The van der Waals surface area contributed by atoms with Crippen molar-refractivity contribution in [3.63, 3.8) is 0 Å². The van der Waals surface area contributed by atoms with Gasteiger partial charge in [0, 0.05) is 12.4 Å². The van der Waals surface area contributed by atoms with Gasteiger partial charge in [0.2, 0.25) is 5.91 Å². The summed E-state index contributed by atoms with van der Waals surface area (Å²) in [6.07, 6.45) is 7.91. The summed E-state index contributed by atoms with van der Waals surface area (Å²) < 4.78 is 1.58. The van der Waals surface area contributed by atoms with Gasteiger partial charge in [-0.15, -0.1) is 0 Å². The van der Waals surface area contributed by atoms with Crippen molar-refractivity contribution in [1.82, 2.24) is 15.1 Å². The first-order valence-corrected chi connectivity index (χ1v) is 6.20. The van der Waals surface area contributed by atoms with Crippen LogP contribution in [0.5, 0.6) is 0 Å². The summed E-state index contributed by atoms with van der Waals surface area (Å²) in [5, 5.41) is 16.8. The van der Waals surface area contributed by atoms with Crippen molar-refractivity contribution < 1.29 is 9.90 Å². The fourth-order valence-corrected chi connectivity index (χ4v) is 2.25. The minimum absolute atomic E-state index is 0.0837. The lowest BCUT2D eigenvalue weighted by atomic mass is 10.1. The van der Waals surface area contributed by atoms with Crippen LogP contribution < -0.4 is 5.32 Å². The van der Waals surface area contributed by atoms with Crippen LogP contribution >= 0.6 is 0 Å². The molecule has 5 nitrogen and oxygen atoms in total. The molecule has 1 aromatic heterocycles. The summed E-state index contributed by atoms with van der Waals surface area (Å²) >= 11 is 0. The monoisotopic (exact) mass is 237 g/mol. The minimum Gasteiger partial charge on any atom is -0.391 e. The molecule has 2 atom stereocenters. The first-order valence-electron chi connectivity index (χ1n) is 6.20. The third-order valence-corrected chi connectivity index (χ3v) is 3.19. The predicted octanol–water partition coefficient (Wildman–Crippen LogP) is 0.693. The van der Waals surface area contributed by atoms with Gasteiger partial charge in [-0.1, -0.05) is 19.3 Å². The van der Waals surface area contributed by atoms with Gasteiger partial charge < -0.3 is 10.4 Å². The van der Waals surface area contributed by atoms with E-state index in [1.54, 1.807) is 23.1 Å². The Morgan fingerprint density at radius 3 is 3.00 bits per heavy atom. The molecule has 1 heterocycles. The molecule has 0 aromatic carbocycles. The average molecular weight is 237 g/mol. The number of hydrogen-bond acceptors (Lipinski definition) is 3. The van der Waals surface area contributed by atoms with E-state index >= 15 is 0 Å². The smallest absolute Gasteiger partial charge is 0.242 e. The third-order valence-electron chi connectivity index (χ3n) is 3.19. The Balaban J connectivity index is 1.84. The van der Waals surface area contributed by atoms with Gasteiger partial charge in [0.25, 0.3) is 0 Å². The van der Waals surface area contributed by atoms with Crippen LogP contribution in [0, 0.1) is 0 Å². The molecular formula is C12H19N3O2. The zero-order valence-corrected chi connectivity index (χ0v) is 9.88. The van der Waals surface area contributed by atoms with Gasteiger partial charge in [-0.3, -0.25) is 9.48 Å². The average Bonchev–Trinajstić information content (AvgIpc) is 2.71. The van der Waals surface area contributed by atoms with Crippen molar-refractivity contribution in [1.29, 1.82) is 0 Å². The van der Waals surface area contributed by atoms with E-state index in [0.29, 0.717) is 0 Å². The van der Waals surface area contributed by atoms with Crippen molar-refractivity contribution in [3.05, 3.63) is 18.5 Å². The van der Waals surface area contributed by atoms with Crippen molar-refractivity contribution in [2.45, 2.75) is 50.8 Å². The Kier molecular flexibility index (Phi) is 4.14. The Bertz CT molecular complexity index is 351.